The predicted molar refractivity (Wildman–Crippen MR) is 143 cm³/mol. The van der Waals surface area contributed by atoms with Crippen LogP contribution in [0, 0.1) is 13.8 Å². The van der Waals surface area contributed by atoms with Crippen molar-refractivity contribution in [3.05, 3.63) is 90.1 Å². The molecule has 9 nitrogen and oxygen atoms in total. The Bertz CT molecular complexity index is 1930. The Labute approximate surface area is 213 Å². The third-order valence-electron chi connectivity index (χ3n) is 5.99. The van der Waals surface area contributed by atoms with Crippen molar-refractivity contribution in [2.24, 2.45) is 10.2 Å². The molecule has 5 aromatic rings. The highest BCUT2D eigenvalue weighted by molar-refractivity contribution is 7.92. The molecule has 11 heteroatoms. The monoisotopic (exact) mass is 534 g/mol. The first-order chi connectivity index (χ1) is 17.5. The fourth-order valence-electron chi connectivity index (χ4n) is 4.23. The van der Waals surface area contributed by atoms with E-state index in [0.29, 0.717) is 22.3 Å². The van der Waals surface area contributed by atoms with Gasteiger partial charge >= 0.3 is 0 Å². The average molecular weight is 535 g/mol. The summed E-state index contributed by atoms with van der Waals surface area (Å²) in [4.78, 5) is 2.94. The van der Waals surface area contributed by atoms with E-state index in [1.165, 1.54) is 36.4 Å². The number of anilines is 1. The van der Waals surface area contributed by atoms with Crippen molar-refractivity contribution in [2.45, 2.75) is 23.6 Å². The van der Waals surface area contributed by atoms with Gasteiger partial charge < -0.3 is 4.98 Å². The van der Waals surface area contributed by atoms with Crippen LogP contribution in [0.4, 0.5) is 17.1 Å². The molecule has 0 amide bonds. The quantitative estimate of drug-likeness (QED) is 0.171. The third kappa shape index (κ3) is 4.71. The Morgan fingerprint density at radius 2 is 1.46 bits per heavy atom. The summed E-state index contributed by atoms with van der Waals surface area (Å²) in [5, 5.41) is 10.1. The number of hydrogen-bond donors (Lipinski definition) is 3. The van der Waals surface area contributed by atoms with Gasteiger partial charge in [-0.1, -0.05) is 48.5 Å². The summed E-state index contributed by atoms with van der Waals surface area (Å²) in [7, 11) is -8.59. The Hall–Kier alpha value is -4.06. The molecule has 0 fully saturated rings. The van der Waals surface area contributed by atoms with Crippen LogP contribution in [0.5, 0.6) is 0 Å². The van der Waals surface area contributed by atoms with Gasteiger partial charge in [-0.2, -0.15) is 13.5 Å². The van der Waals surface area contributed by atoms with E-state index in [1.807, 2.05) is 31.2 Å². The zero-order valence-electron chi connectivity index (χ0n) is 19.8. The summed E-state index contributed by atoms with van der Waals surface area (Å²) in [5.41, 5.74) is 3.45. The molecule has 3 N–H and O–H groups in total. The summed E-state index contributed by atoms with van der Waals surface area (Å²) < 4.78 is 62.5. The molecule has 0 unspecified atom stereocenters. The van der Waals surface area contributed by atoms with E-state index in [0.717, 1.165) is 16.6 Å². The number of rotatable bonds is 6. The molecule has 37 heavy (non-hydrogen) atoms. The summed E-state index contributed by atoms with van der Waals surface area (Å²) >= 11 is 0. The molecule has 5 rings (SSSR count). The minimum Gasteiger partial charge on any atom is -0.357 e. The molecule has 1 aromatic heterocycles. The maximum atomic E-state index is 13.4. The molecule has 0 bridgehead atoms. The van der Waals surface area contributed by atoms with Crippen molar-refractivity contribution in [3.8, 4) is 0 Å². The van der Waals surface area contributed by atoms with E-state index < -0.39 is 20.1 Å². The summed E-state index contributed by atoms with van der Waals surface area (Å²) in [6.07, 6.45) is 0. The van der Waals surface area contributed by atoms with Crippen molar-refractivity contribution in [3.63, 3.8) is 0 Å². The number of benzene rings is 4. The zero-order chi connectivity index (χ0) is 26.4. The molecule has 0 saturated heterocycles. The van der Waals surface area contributed by atoms with Crippen LogP contribution in [0.25, 0.3) is 21.7 Å². The Kier molecular flexibility index (Phi) is 6.06. The molecule has 4 aromatic carbocycles. The highest BCUT2D eigenvalue weighted by Gasteiger charge is 2.21. The van der Waals surface area contributed by atoms with Crippen LogP contribution >= 0.6 is 0 Å². The van der Waals surface area contributed by atoms with Gasteiger partial charge in [0.15, 0.2) is 0 Å². The smallest absolute Gasteiger partial charge is 0.295 e. The van der Waals surface area contributed by atoms with Crippen LogP contribution in [0.1, 0.15) is 11.3 Å². The maximum absolute atomic E-state index is 13.4. The standard InChI is InChI=1S/C26H22N4O5S2/c1-16-13-14-18(28-29-26-17(2)27-22-10-4-3-7-21(22)26)15-25(16)36(31,32)30-23-11-5-9-20-19(23)8-6-12-24(20)37(33,34)35/h3-15,27,30H,1-2H3,(H,33,34,35). The molecular formula is C26H22N4O5S2. The van der Waals surface area contributed by atoms with E-state index in [2.05, 4.69) is 19.9 Å². The number of fused-ring (bicyclic) bond motifs is 2. The van der Waals surface area contributed by atoms with Gasteiger partial charge in [0.25, 0.3) is 20.1 Å². The van der Waals surface area contributed by atoms with Gasteiger partial charge in [0.1, 0.15) is 10.6 Å². The van der Waals surface area contributed by atoms with Crippen LogP contribution in [0.15, 0.2) is 98.9 Å². The molecule has 0 aliphatic heterocycles. The minimum atomic E-state index is -4.50. The van der Waals surface area contributed by atoms with E-state index in [1.54, 1.807) is 25.1 Å². The number of H-pyrrole nitrogens is 1. The van der Waals surface area contributed by atoms with Crippen LogP contribution < -0.4 is 4.72 Å². The molecule has 0 saturated carbocycles. The topological polar surface area (TPSA) is 141 Å². The van der Waals surface area contributed by atoms with Crippen LogP contribution in [0.3, 0.4) is 0 Å². The lowest BCUT2D eigenvalue weighted by atomic mass is 10.1. The van der Waals surface area contributed by atoms with Crippen molar-refractivity contribution in [2.75, 3.05) is 4.72 Å². The lowest BCUT2D eigenvalue weighted by Gasteiger charge is -2.13. The molecule has 188 valence electrons. The fraction of sp³-hybridized carbons (Fsp3) is 0.0769. The van der Waals surface area contributed by atoms with Gasteiger partial charge in [-0.05, 0) is 49.7 Å². The number of aryl methyl sites for hydroxylation is 2. The first-order valence-electron chi connectivity index (χ1n) is 11.2. The first-order valence-corrected chi connectivity index (χ1v) is 14.1. The first kappa shape index (κ1) is 24.6. The van der Waals surface area contributed by atoms with Crippen molar-refractivity contribution >= 4 is 58.9 Å². The summed E-state index contributed by atoms with van der Waals surface area (Å²) in [6, 6.07) is 21.2. The van der Waals surface area contributed by atoms with Crippen molar-refractivity contribution in [1.82, 2.24) is 4.98 Å². The van der Waals surface area contributed by atoms with E-state index in [9.17, 15) is 21.4 Å². The van der Waals surface area contributed by atoms with Crippen molar-refractivity contribution < 1.29 is 21.4 Å². The number of azo groups is 1. The van der Waals surface area contributed by atoms with Gasteiger partial charge in [-0.3, -0.25) is 9.27 Å². The molecule has 0 spiro atoms. The van der Waals surface area contributed by atoms with E-state index in [4.69, 9.17) is 0 Å². The second-order valence-corrected chi connectivity index (χ2v) is 11.6. The number of nitrogens with zero attached hydrogens (tertiary/aromatic N) is 2. The summed E-state index contributed by atoms with van der Waals surface area (Å²) in [6.45, 7) is 3.56. The highest BCUT2D eigenvalue weighted by atomic mass is 32.2. The summed E-state index contributed by atoms with van der Waals surface area (Å²) in [5.74, 6) is 0. The predicted octanol–water partition coefficient (Wildman–Crippen LogP) is 6.40. The molecule has 0 aliphatic rings. The second kappa shape index (κ2) is 9.11. The normalized spacial score (nSPS) is 12.5. The maximum Gasteiger partial charge on any atom is 0.295 e. The molecule has 1 heterocycles. The Morgan fingerprint density at radius 3 is 2.24 bits per heavy atom. The van der Waals surface area contributed by atoms with Gasteiger partial charge in [-0.25, -0.2) is 8.42 Å². The Balaban J connectivity index is 1.52. The number of sulfonamides is 1. The van der Waals surface area contributed by atoms with Crippen molar-refractivity contribution in [1.29, 1.82) is 0 Å². The largest absolute Gasteiger partial charge is 0.357 e. The number of nitrogens with one attached hydrogen (secondary N) is 2. The van der Waals surface area contributed by atoms with Gasteiger partial charge in [0.05, 0.1) is 16.3 Å². The number of aromatic amines is 1. The SMILES string of the molecule is Cc1ccc(N=Nc2c(C)[nH]c3ccccc23)cc1S(=O)(=O)Nc1cccc2c(S(=O)(=O)O)cccc12. The van der Waals surface area contributed by atoms with Crippen LogP contribution in [-0.4, -0.2) is 26.4 Å². The lowest BCUT2D eigenvalue weighted by molar-refractivity contribution is 0.484. The van der Waals surface area contributed by atoms with Crippen LogP contribution in [-0.2, 0) is 20.1 Å². The van der Waals surface area contributed by atoms with Gasteiger partial charge in [-0.15, -0.1) is 5.11 Å². The van der Waals surface area contributed by atoms with E-state index in [-0.39, 0.29) is 20.9 Å². The van der Waals surface area contributed by atoms with Gasteiger partial charge in [0.2, 0.25) is 0 Å². The third-order valence-corrected chi connectivity index (χ3v) is 8.41. The molecule has 0 radical (unpaired) electrons. The van der Waals surface area contributed by atoms with Gasteiger partial charge in [0, 0.05) is 27.4 Å². The number of hydrogen-bond acceptors (Lipinski definition) is 6. The fourth-order valence-corrected chi connectivity index (χ4v) is 6.29. The van der Waals surface area contributed by atoms with Crippen LogP contribution in [0.2, 0.25) is 0 Å². The average Bonchev–Trinajstić information content (AvgIpc) is 3.17. The molecule has 0 atom stereocenters. The minimum absolute atomic E-state index is 0.00235. The van der Waals surface area contributed by atoms with E-state index >= 15 is 0 Å². The second-order valence-electron chi connectivity index (χ2n) is 8.53. The Morgan fingerprint density at radius 1 is 0.757 bits per heavy atom. The number of aromatic nitrogens is 1. The zero-order valence-corrected chi connectivity index (χ0v) is 21.4. The lowest BCUT2D eigenvalue weighted by Crippen LogP contribution is -2.14. The molecular weight excluding hydrogens is 512 g/mol. The molecule has 0 aliphatic carbocycles. The highest BCUT2D eigenvalue weighted by Crippen LogP contribution is 2.33. The number of para-hydroxylation sites is 1.